The molecule has 3 aliphatic carbocycles. The molecule has 0 heterocycles. The number of carbonyl (C=O) groups excluding carboxylic acids is 4. The van der Waals surface area contributed by atoms with Crippen LogP contribution >= 0.6 is 0 Å². The number of hydrogen-bond donors (Lipinski definition) is 4. The van der Waals surface area contributed by atoms with Gasteiger partial charge in [-0.1, -0.05) is 30.3 Å². The Labute approximate surface area is 214 Å². The summed E-state index contributed by atoms with van der Waals surface area (Å²) in [6.07, 6.45) is 0.0918. The van der Waals surface area contributed by atoms with E-state index in [9.17, 15) is 29.4 Å². The van der Waals surface area contributed by atoms with Crippen LogP contribution in [0.4, 0.5) is 0 Å². The molecule has 2 aromatic rings. The van der Waals surface area contributed by atoms with E-state index in [1.54, 1.807) is 25.1 Å². The van der Waals surface area contributed by atoms with Gasteiger partial charge in [0.2, 0.25) is 5.91 Å². The highest BCUT2D eigenvalue weighted by Crippen LogP contribution is 2.53. The number of phenolic OH excluding ortho intramolecular Hbond substituents is 1. The topological polar surface area (TPSA) is 164 Å². The number of fused-ring (bicyclic) bond motifs is 3. The molecular formula is C28H31N3O6. The number of ketones is 3. The van der Waals surface area contributed by atoms with E-state index in [-0.39, 0.29) is 24.3 Å². The highest BCUT2D eigenvalue weighted by atomic mass is 16.3. The number of Topliss-reactive ketones (excluding diaryl/α,β-unsaturated/α-hetero) is 3. The van der Waals surface area contributed by atoms with Crippen molar-refractivity contribution in [2.24, 2.45) is 35.1 Å². The Balaban J connectivity index is 1.66. The van der Waals surface area contributed by atoms with Crippen LogP contribution in [-0.4, -0.2) is 64.1 Å². The van der Waals surface area contributed by atoms with Crippen molar-refractivity contribution >= 4 is 23.3 Å². The van der Waals surface area contributed by atoms with Gasteiger partial charge in [0.25, 0.3) is 0 Å². The number of primary amides is 1. The van der Waals surface area contributed by atoms with Gasteiger partial charge in [-0.3, -0.25) is 24.1 Å². The number of hydrogen-bond acceptors (Lipinski definition) is 8. The third-order valence-corrected chi connectivity index (χ3v) is 8.57. The zero-order valence-electron chi connectivity index (χ0n) is 20.8. The molecule has 0 saturated heterocycles. The lowest BCUT2D eigenvalue weighted by Crippen LogP contribution is -2.69. The molecule has 0 radical (unpaired) electrons. The van der Waals surface area contributed by atoms with Gasteiger partial charge in [0.05, 0.1) is 17.5 Å². The maximum Gasteiger partial charge on any atom is 0.228 e. The Kier molecular flexibility index (Phi) is 6.05. The van der Waals surface area contributed by atoms with E-state index < -0.39 is 65.0 Å². The maximum atomic E-state index is 13.9. The molecule has 3 aliphatic rings. The summed E-state index contributed by atoms with van der Waals surface area (Å²) in [6, 6.07) is 10.3. The van der Waals surface area contributed by atoms with Crippen LogP contribution in [0.2, 0.25) is 0 Å². The van der Waals surface area contributed by atoms with Gasteiger partial charge in [-0.15, -0.1) is 0 Å². The fourth-order valence-electron chi connectivity index (χ4n) is 6.86. The molecule has 194 valence electrons. The molecule has 0 spiro atoms. The van der Waals surface area contributed by atoms with Crippen LogP contribution in [0.25, 0.3) is 11.1 Å². The van der Waals surface area contributed by atoms with Gasteiger partial charge in [-0.25, -0.2) is 0 Å². The minimum absolute atomic E-state index is 0.00675. The highest BCUT2D eigenvalue weighted by Gasteiger charge is 2.64. The number of likely N-dealkylation sites (N-methyl/N-ethyl adjacent to an activating group) is 1. The van der Waals surface area contributed by atoms with Crippen molar-refractivity contribution in [3.63, 3.8) is 0 Å². The van der Waals surface area contributed by atoms with E-state index in [2.05, 4.69) is 0 Å². The van der Waals surface area contributed by atoms with Crippen LogP contribution in [0.1, 0.15) is 34.3 Å². The Morgan fingerprint density at radius 3 is 2.43 bits per heavy atom. The molecule has 9 nitrogen and oxygen atoms in total. The summed E-state index contributed by atoms with van der Waals surface area (Å²) in [6.45, 7) is -0.00675. The molecular weight excluding hydrogens is 474 g/mol. The van der Waals surface area contributed by atoms with E-state index in [4.69, 9.17) is 11.5 Å². The van der Waals surface area contributed by atoms with Gasteiger partial charge in [0, 0.05) is 24.4 Å². The van der Waals surface area contributed by atoms with Crippen molar-refractivity contribution in [1.82, 2.24) is 4.90 Å². The first-order valence-electron chi connectivity index (χ1n) is 12.4. The van der Waals surface area contributed by atoms with E-state index in [0.717, 1.165) is 11.1 Å². The predicted octanol–water partition coefficient (Wildman–Crippen LogP) is 0.814. The summed E-state index contributed by atoms with van der Waals surface area (Å²) in [5.41, 5.74) is 12.0. The van der Waals surface area contributed by atoms with Crippen molar-refractivity contribution in [1.29, 1.82) is 0 Å². The quantitative estimate of drug-likeness (QED) is 0.444. The number of aliphatic hydroxyl groups is 1. The van der Waals surface area contributed by atoms with Gasteiger partial charge in [-0.05, 0) is 55.6 Å². The number of rotatable bonds is 4. The molecule has 0 aliphatic heterocycles. The molecule has 2 aromatic carbocycles. The van der Waals surface area contributed by atoms with Crippen molar-refractivity contribution < 1.29 is 29.4 Å². The number of phenols is 1. The van der Waals surface area contributed by atoms with Crippen LogP contribution < -0.4 is 11.5 Å². The third kappa shape index (κ3) is 3.64. The predicted molar refractivity (Wildman–Crippen MR) is 134 cm³/mol. The second-order valence-corrected chi connectivity index (χ2v) is 10.8. The summed E-state index contributed by atoms with van der Waals surface area (Å²) in [4.78, 5) is 54.8. The number of nitrogens with two attached hydrogens (primary N) is 2. The summed E-state index contributed by atoms with van der Waals surface area (Å²) in [5.74, 6) is -6.68. The van der Waals surface area contributed by atoms with Crippen LogP contribution in [0.3, 0.4) is 0 Å². The Morgan fingerprint density at radius 2 is 1.84 bits per heavy atom. The second-order valence-electron chi connectivity index (χ2n) is 10.8. The van der Waals surface area contributed by atoms with E-state index in [1.165, 1.54) is 0 Å². The third-order valence-electron chi connectivity index (χ3n) is 8.57. The molecule has 5 rings (SSSR count). The fraction of sp³-hybridized carbons (Fsp3) is 0.429. The largest absolute Gasteiger partial charge is 0.507 e. The van der Waals surface area contributed by atoms with Crippen molar-refractivity contribution in [2.45, 2.75) is 37.5 Å². The van der Waals surface area contributed by atoms with Crippen LogP contribution in [0, 0.1) is 23.7 Å². The fourth-order valence-corrected chi connectivity index (χ4v) is 6.86. The zero-order valence-corrected chi connectivity index (χ0v) is 20.8. The first-order valence-corrected chi connectivity index (χ1v) is 12.4. The van der Waals surface area contributed by atoms with E-state index in [1.807, 2.05) is 30.3 Å². The maximum absolute atomic E-state index is 13.9. The molecule has 2 fully saturated rings. The monoisotopic (exact) mass is 505 g/mol. The number of benzene rings is 2. The molecule has 0 bridgehead atoms. The Hall–Kier alpha value is -3.40. The molecule has 6 atom stereocenters. The number of nitrogens with zero attached hydrogens (tertiary/aromatic N) is 1. The average molecular weight is 506 g/mol. The summed E-state index contributed by atoms with van der Waals surface area (Å²) in [5, 5.41) is 22.8. The smallest absolute Gasteiger partial charge is 0.228 e. The Bertz CT molecular complexity index is 1320. The van der Waals surface area contributed by atoms with E-state index >= 15 is 0 Å². The lowest BCUT2D eigenvalue weighted by Gasteiger charge is -2.53. The first kappa shape index (κ1) is 25.3. The number of carbonyl (C=O) groups is 4. The number of aromatic hydroxyl groups is 1. The van der Waals surface area contributed by atoms with Gasteiger partial charge < -0.3 is 21.7 Å². The molecule has 2 unspecified atom stereocenters. The van der Waals surface area contributed by atoms with Gasteiger partial charge >= 0.3 is 0 Å². The zero-order chi connectivity index (χ0) is 26.8. The van der Waals surface area contributed by atoms with Crippen molar-refractivity contribution in [3.8, 4) is 16.9 Å². The van der Waals surface area contributed by atoms with Crippen molar-refractivity contribution in [2.75, 3.05) is 14.1 Å². The highest BCUT2D eigenvalue weighted by molar-refractivity contribution is 6.18. The van der Waals surface area contributed by atoms with E-state index in [0.29, 0.717) is 17.5 Å². The Morgan fingerprint density at radius 1 is 1.16 bits per heavy atom. The van der Waals surface area contributed by atoms with Crippen LogP contribution in [-0.2, 0) is 27.3 Å². The lowest BCUT2D eigenvalue weighted by atomic mass is 9.52. The summed E-state index contributed by atoms with van der Waals surface area (Å²) in [7, 11) is 3.31. The molecule has 37 heavy (non-hydrogen) atoms. The molecule has 9 heteroatoms. The minimum Gasteiger partial charge on any atom is -0.507 e. The summed E-state index contributed by atoms with van der Waals surface area (Å²) >= 11 is 0. The standard InChI is InChI=1S/C28H31N3O6/c1-31(2)22-19-10-14-8-17-16(13-6-4-3-5-7-13)9-15(12-29)23(32)21(17)25(34)20(14)26(35)28(19,37)11-18(24(22)33)27(30)36/h3-7,9,14,18-20,22,32,37H,8,10-12,29H2,1-2H3,(H2,30,36)/t14-,18?,19-,20?,22-,28-/m0/s1. The second kappa shape index (κ2) is 8.86. The minimum atomic E-state index is -2.07. The van der Waals surface area contributed by atoms with Crippen LogP contribution in [0.15, 0.2) is 36.4 Å². The number of amides is 1. The molecule has 2 saturated carbocycles. The van der Waals surface area contributed by atoms with Crippen molar-refractivity contribution in [3.05, 3.63) is 53.1 Å². The lowest BCUT2D eigenvalue weighted by molar-refractivity contribution is -0.176. The SMILES string of the molecule is CN(C)[C@@H]1C(=O)C(C(N)=O)C[C@@]2(O)C(=O)C3C(=O)c4c(O)c(CN)cc(-c5ccccc5)c4C[C@H]3C[C@@H]12. The van der Waals surface area contributed by atoms with Gasteiger partial charge in [0.1, 0.15) is 17.3 Å². The molecule has 0 aromatic heterocycles. The van der Waals surface area contributed by atoms with Gasteiger partial charge in [-0.2, -0.15) is 0 Å². The first-order chi connectivity index (χ1) is 17.5. The molecule has 1 amide bonds. The normalized spacial score (nSPS) is 31.1. The summed E-state index contributed by atoms with van der Waals surface area (Å²) < 4.78 is 0. The average Bonchev–Trinajstić information content (AvgIpc) is 2.85. The van der Waals surface area contributed by atoms with Crippen LogP contribution in [0.5, 0.6) is 5.75 Å². The van der Waals surface area contributed by atoms with Gasteiger partial charge in [0.15, 0.2) is 17.3 Å². The molecule has 6 N–H and O–H groups in total.